The van der Waals surface area contributed by atoms with Crippen molar-refractivity contribution in [2.24, 2.45) is 0 Å². The Morgan fingerprint density at radius 3 is 2.06 bits per heavy atom. The van der Waals surface area contributed by atoms with Crippen LogP contribution in [0.15, 0.2) is 78.9 Å². The summed E-state index contributed by atoms with van der Waals surface area (Å²) in [6.07, 6.45) is 0.834. The Kier molecular flexibility index (Phi) is 7.82. The molecule has 0 heterocycles. The van der Waals surface area contributed by atoms with Crippen molar-refractivity contribution >= 4 is 17.4 Å². The summed E-state index contributed by atoms with van der Waals surface area (Å²) in [5.41, 5.74) is 2.90. The molecule has 0 aliphatic rings. The average molecular weight is 418 g/mol. The molecular formula is C26H27NO4. The quantitative estimate of drug-likeness (QED) is 0.264. The van der Waals surface area contributed by atoms with Gasteiger partial charge in [0.25, 0.3) is 0 Å². The Bertz CT molecular complexity index is 982. The number of hydrogen-bond acceptors (Lipinski definition) is 5. The topological polar surface area (TPSA) is 55.8 Å². The summed E-state index contributed by atoms with van der Waals surface area (Å²) >= 11 is 0. The molecule has 3 aromatic rings. The largest absolute Gasteiger partial charge is 0.494 e. The van der Waals surface area contributed by atoms with E-state index < -0.39 is 0 Å². The van der Waals surface area contributed by atoms with E-state index in [1.807, 2.05) is 61.6 Å². The highest BCUT2D eigenvalue weighted by atomic mass is 16.5. The molecule has 0 aliphatic carbocycles. The van der Waals surface area contributed by atoms with Gasteiger partial charge in [0, 0.05) is 30.4 Å². The van der Waals surface area contributed by atoms with Gasteiger partial charge < -0.3 is 14.4 Å². The van der Waals surface area contributed by atoms with Crippen molar-refractivity contribution in [3.63, 3.8) is 0 Å². The molecule has 0 N–H and O–H groups in total. The fourth-order valence-corrected chi connectivity index (χ4v) is 3.15. The van der Waals surface area contributed by atoms with Gasteiger partial charge in [-0.15, -0.1) is 0 Å². The lowest BCUT2D eigenvalue weighted by atomic mass is 10.0. The molecule has 3 rings (SSSR count). The predicted molar refractivity (Wildman–Crippen MR) is 122 cm³/mol. The van der Waals surface area contributed by atoms with Gasteiger partial charge >= 0.3 is 5.97 Å². The number of nitrogens with zero attached hydrogens (tertiary/aromatic N) is 1. The summed E-state index contributed by atoms with van der Waals surface area (Å²) in [4.78, 5) is 26.3. The minimum absolute atomic E-state index is 0.00255. The molecule has 0 unspecified atom stereocenters. The summed E-state index contributed by atoms with van der Waals surface area (Å²) in [7, 11) is 2.00. The van der Waals surface area contributed by atoms with Gasteiger partial charge in [-0.1, -0.05) is 30.3 Å². The van der Waals surface area contributed by atoms with Gasteiger partial charge in [-0.3, -0.25) is 4.79 Å². The van der Waals surface area contributed by atoms with Crippen molar-refractivity contribution in [1.82, 2.24) is 0 Å². The summed E-state index contributed by atoms with van der Waals surface area (Å²) in [5, 5.41) is 0. The van der Waals surface area contributed by atoms with Crippen molar-refractivity contribution in [2.75, 3.05) is 31.7 Å². The van der Waals surface area contributed by atoms with Crippen molar-refractivity contribution in [1.29, 1.82) is 0 Å². The van der Waals surface area contributed by atoms with E-state index in [1.54, 1.807) is 31.2 Å². The third-order valence-electron chi connectivity index (χ3n) is 4.88. The van der Waals surface area contributed by atoms with E-state index in [1.165, 1.54) is 0 Å². The maximum atomic E-state index is 12.4. The number of anilines is 1. The zero-order valence-corrected chi connectivity index (χ0v) is 17.9. The van der Waals surface area contributed by atoms with Gasteiger partial charge in [0.1, 0.15) is 5.75 Å². The minimum atomic E-state index is -0.304. The van der Waals surface area contributed by atoms with E-state index in [9.17, 15) is 9.59 Å². The molecule has 5 nitrogen and oxygen atoms in total. The number of benzene rings is 3. The van der Waals surface area contributed by atoms with E-state index in [4.69, 9.17) is 9.47 Å². The molecule has 0 saturated heterocycles. The number of rotatable bonds is 10. The van der Waals surface area contributed by atoms with Gasteiger partial charge in [-0.25, -0.2) is 4.79 Å². The first-order valence-electron chi connectivity index (χ1n) is 10.4. The number of ether oxygens (including phenoxy) is 2. The maximum Gasteiger partial charge on any atom is 0.338 e. The third kappa shape index (κ3) is 6.19. The van der Waals surface area contributed by atoms with Crippen molar-refractivity contribution in [2.45, 2.75) is 13.3 Å². The summed E-state index contributed by atoms with van der Waals surface area (Å²) in [6, 6.07) is 23.9. The van der Waals surface area contributed by atoms with Crippen LogP contribution in [0.1, 0.15) is 39.6 Å². The smallest absolute Gasteiger partial charge is 0.338 e. The zero-order valence-electron chi connectivity index (χ0n) is 17.9. The van der Waals surface area contributed by atoms with Crippen LogP contribution in [-0.2, 0) is 4.74 Å². The number of carbonyl (C=O) groups is 2. The van der Waals surface area contributed by atoms with E-state index in [0.717, 1.165) is 24.4 Å². The molecule has 5 heteroatoms. The number of hydrogen-bond donors (Lipinski definition) is 0. The number of carbonyl (C=O) groups excluding carboxylic acids is 2. The van der Waals surface area contributed by atoms with Crippen LogP contribution in [0.25, 0.3) is 0 Å². The molecule has 0 aromatic heterocycles. The normalized spacial score (nSPS) is 10.4. The van der Waals surface area contributed by atoms with E-state index >= 15 is 0 Å². The van der Waals surface area contributed by atoms with Crippen LogP contribution in [0.4, 0.5) is 5.69 Å². The molecular weight excluding hydrogens is 390 g/mol. The molecule has 0 atom stereocenters. The molecule has 0 fully saturated rings. The van der Waals surface area contributed by atoms with Crippen LogP contribution in [-0.4, -0.2) is 38.6 Å². The van der Waals surface area contributed by atoms with Gasteiger partial charge in [-0.2, -0.15) is 0 Å². The lowest BCUT2D eigenvalue weighted by molar-refractivity contribution is 0.0526. The Morgan fingerprint density at radius 2 is 1.42 bits per heavy atom. The Morgan fingerprint density at radius 1 is 0.806 bits per heavy atom. The fraction of sp³-hybridized carbons (Fsp3) is 0.231. The van der Waals surface area contributed by atoms with Crippen molar-refractivity contribution in [3.05, 3.63) is 95.6 Å². The van der Waals surface area contributed by atoms with Crippen molar-refractivity contribution in [3.8, 4) is 5.75 Å². The number of esters is 1. The summed E-state index contributed by atoms with van der Waals surface area (Å²) < 4.78 is 10.8. The molecule has 31 heavy (non-hydrogen) atoms. The zero-order chi connectivity index (χ0) is 22.1. The molecule has 0 bridgehead atoms. The third-order valence-corrected chi connectivity index (χ3v) is 4.88. The minimum Gasteiger partial charge on any atom is -0.494 e. The monoisotopic (exact) mass is 417 g/mol. The first-order chi connectivity index (χ1) is 15.1. The standard InChI is InChI=1S/C26H27NO4/c1-3-30-26(29)22-10-14-23(15-11-22)27(2)18-7-19-31-24-16-12-21(13-17-24)25(28)20-8-5-4-6-9-20/h4-6,8-17H,3,7,18-19H2,1-2H3. The SMILES string of the molecule is CCOC(=O)c1ccc(N(C)CCCOc2ccc(C(=O)c3ccccc3)cc2)cc1. The van der Waals surface area contributed by atoms with E-state index in [2.05, 4.69) is 4.90 Å². The molecule has 0 spiro atoms. The van der Waals surface area contributed by atoms with Crippen molar-refractivity contribution < 1.29 is 19.1 Å². The maximum absolute atomic E-state index is 12.4. The molecule has 3 aromatic carbocycles. The molecule has 0 saturated carbocycles. The highest BCUT2D eigenvalue weighted by Crippen LogP contribution is 2.17. The highest BCUT2D eigenvalue weighted by molar-refractivity contribution is 6.08. The van der Waals surface area contributed by atoms with Crippen LogP contribution in [0.2, 0.25) is 0 Å². The Balaban J connectivity index is 1.44. The van der Waals surface area contributed by atoms with Gasteiger partial charge in [-0.05, 0) is 61.9 Å². The molecule has 0 radical (unpaired) electrons. The first-order valence-corrected chi connectivity index (χ1v) is 10.4. The van der Waals surface area contributed by atoms with Crippen LogP contribution < -0.4 is 9.64 Å². The fourth-order valence-electron chi connectivity index (χ4n) is 3.15. The molecule has 0 aliphatic heterocycles. The molecule has 0 amide bonds. The molecule has 160 valence electrons. The average Bonchev–Trinajstić information content (AvgIpc) is 2.82. The lowest BCUT2D eigenvalue weighted by Crippen LogP contribution is -2.20. The summed E-state index contributed by atoms with van der Waals surface area (Å²) in [6.45, 7) is 3.54. The van der Waals surface area contributed by atoms with E-state index in [0.29, 0.717) is 29.9 Å². The van der Waals surface area contributed by atoms with Gasteiger partial charge in [0.2, 0.25) is 0 Å². The first kappa shape index (κ1) is 22.1. The van der Waals surface area contributed by atoms with Crippen LogP contribution in [0.3, 0.4) is 0 Å². The highest BCUT2D eigenvalue weighted by Gasteiger charge is 2.09. The van der Waals surface area contributed by atoms with Gasteiger partial charge in [0.05, 0.1) is 18.8 Å². The van der Waals surface area contributed by atoms with Crippen LogP contribution in [0, 0.1) is 0 Å². The second kappa shape index (κ2) is 11.0. The summed E-state index contributed by atoms with van der Waals surface area (Å²) in [5.74, 6) is 0.440. The number of ketones is 1. The van der Waals surface area contributed by atoms with Gasteiger partial charge in [0.15, 0.2) is 5.78 Å². The van der Waals surface area contributed by atoms with Crippen LogP contribution >= 0.6 is 0 Å². The lowest BCUT2D eigenvalue weighted by Gasteiger charge is -2.19. The predicted octanol–water partition coefficient (Wildman–Crippen LogP) is 5.00. The van der Waals surface area contributed by atoms with Crippen LogP contribution in [0.5, 0.6) is 5.75 Å². The Labute approximate surface area is 183 Å². The second-order valence-corrected chi connectivity index (χ2v) is 7.11. The van der Waals surface area contributed by atoms with E-state index in [-0.39, 0.29) is 11.8 Å². The second-order valence-electron chi connectivity index (χ2n) is 7.11. The Hall–Kier alpha value is -3.60.